The third kappa shape index (κ3) is 7.17. The van der Waals surface area contributed by atoms with Crippen molar-refractivity contribution in [3.63, 3.8) is 0 Å². The normalized spacial score (nSPS) is 20.6. The number of aromatic nitrogens is 2. The van der Waals surface area contributed by atoms with Crippen molar-refractivity contribution < 1.29 is 26.7 Å². The summed E-state index contributed by atoms with van der Waals surface area (Å²) in [4.78, 5) is 11.8. The van der Waals surface area contributed by atoms with Gasteiger partial charge in [0.25, 0.3) is 0 Å². The Morgan fingerprint density at radius 2 is 1.73 bits per heavy atom. The molecular formula is C27H43N5O6SSi2. The first-order chi connectivity index (χ1) is 19.6. The van der Waals surface area contributed by atoms with Gasteiger partial charge in [0.1, 0.15) is 12.6 Å². The fraction of sp³-hybridized carbons (Fsp3) is 0.593. The summed E-state index contributed by atoms with van der Waals surface area (Å²) in [7, 11) is -1.90. The van der Waals surface area contributed by atoms with Crippen LogP contribution in [0.25, 0.3) is 10.9 Å². The summed E-state index contributed by atoms with van der Waals surface area (Å²) in [6.07, 6.45) is 7.35. The van der Waals surface area contributed by atoms with Crippen LogP contribution in [0.3, 0.4) is 0 Å². The Balaban J connectivity index is 1.54. The lowest BCUT2D eigenvalue weighted by atomic mass is 9.81. The van der Waals surface area contributed by atoms with E-state index in [9.17, 15) is 8.42 Å². The van der Waals surface area contributed by atoms with Crippen LogP contribution in [-0.4, -0.2) is 99.5 Å². The van der Waals surface area contributed by atoms with Crippen molar-refractivity contribution in [2.75, 3.05) is 40.4 Å². The van der Waals surface area contributed by atoms with Gasteiger partial charge >= 0.3 is 10.2 Å². The SMILES string of the molecule is COc1cc2ncnc(C(C)(CN3CCC(CCN4C=CC(C)=NS4(=O)=O)CC3)C(O[SiH2]C)O[SiH2]C)c2cc1OC. The highest BCUT2D eigenvalue weighted by molar-refractivity contribution is 7.88. The Kier molecular flexibility index (Phi) is 10.6. The molecule has 2 aromatic rings. The van der Waals surface area contributed by atoms with Gasteiger partial charge in [0.15, 0.2) is 31.0 Å². The quantitative estimate of drug-likeness (QED) is 0.245. The molecule has 1 aromatic heterocycles. The van der Waals surface area contributed by atoms with Gasteiger partial charge in [-0.25, -0.2) is 9.97 Å². The van der Waals surface area contributed by atoms with Gasteiger partial charge in [0.2, 0.25) is 0 Å². The van der Waals surface area contributed by atoms with E-state index in [4.69, 9.17) is 23.3 Å². The number of hydrogen-bond acceptors (Lipinski definition) is 9. The van der Waals surface area contributed by atoms with Crippen LogP contribution < -0.4 is 9.47 Å². The number of likely N-dealkylation sites (tertiary alicyclic amines) is 1. The van der Waals surface area contributed by atoms with Crippen LogP contribution in [0.1, 0.15) is 38.8 Å². The van der Waals surface area contributed by atoms with E-state index in [0.29, 0.717) is 36.2 Å². The molecule has 0 radical (unpaired) electrons. The highest BCUT2D eigenvalue weighted by Crippen LogP contribution is 2.39. The van der Waals surface area contributed by atoms with Crippen molar-refractivity contribution in [3.05, 3.63) is 36.4 Å². The fourth-order valence-electron chi connectivity index (χ4n) is 5.75. The number of allylic oxidation sites excluding steroid dienone is 1. The second-order valence-electron chi connectivity index (χ2n) is 10.8. The number of methoxy groups -OCH3 is 2. The molecule has 0 saturated carbocycles. The number of ether oxygens (including phenoxy) is 2. The Hall–Kier alpha value is -2.37. The number of fused-ring (bicyclic) bond motifs is 1. The van der Waals surface area contributed by atoms with Crippen LogP contribution in [0.5, 0.6) is 11.5 Å². The van der Waals surface area contributed by atoms with Crippen molar-refractivity contribution in [1.82, 2.24) is 19.2 Å². The Labute approximate surface area is 248 Å². The molecule has 1 saturated heterocycles. The summed E-state index contributed by atoms with van der Waals surface area (Å²) in [6.45, 7) is 11.1. The summed E-state index contributed by atoms with van der Waals surface area (Å²) < 4.78 is 53.8. The third-order valence-electron chi connectivity index (χ3n) is 7.89. The number of piperidine rings is 1. The smallest absolute Gasteiger partial charge is 0.344 e. The van der Waals surface area contributed by atoms with E-state index in [1.165, 1.54) is 4.31 Å². The molecule has 1 fully saturated rings. The van der Waals surface area contributed by atoms with Gasteiger partial charge in [-0.05, 0) is 64.3 Å². The molecular weight excluding hydrogens is 579 g/mol. The van der Waals surface area contributed by atoms with E-state index < -0.39 is 41.4 Å². The Morgan fingerprint density at radius 1 is 1.07 bits per heavy atom. The standard InChI is InChI=1S/C27H43N5O6SSi2/c1-19-7-13-32(39(33,34)30-19)14-10-20-8-11-31(12-9-20)17-27(2,26(37-40-5)38-41-6)25-21-15-23(35-3)24(36-4)16-22(21)28-18-29-25/h7,13,15-16,18,20,26H,8-12,14,17,40-41H2,1-6H3. The highest BCUT2D eigenvalue weighted by Gasteiger charge is 2.42. The van der Waals surface area contributed by atoms with E-state index in [2.05, 4.69) is 34.3 Å². The van der Waals surface area contributed by atoms with E-state index in [1.54, 1.807) is 39.7 Å². The number of rotatable bonds is 13. The van der Waals surface area contributed by atoms with Gasteiger partial charge in [-0.2, -0.15) is 12.8 Å². The van der Waals surface area contributed by atoms with Gasteiger partial charge in [0.05, 0.1) is 36.6 Å². The summed E-state index contributed by atoms with van der Waals surface area (Å²) in [6, 6.07) is 3.84. The van der Waals surface area contributed by atoms with Crippen LogP contribution in [-0.2, 0) is 24.5 Å². The average Bonchev–Trinajstić information content (AvgIpc) is 2.95. The fourth-order valence-corrected chi connectivity index (χ4v) is 8.55. The minimum absolute atomic E-state index is 0.403. The molecule has 0 N–H and O–H groups in total. The molecule has 0 aliphatic carbocycles. The molecule has 1 aromatic carbocycles. The number of nitrogens with zero attached hydrogens (tertiary/aromatic N) is 5. The summed E-state index contributed by atoms with van der Waals surface area (Å²) in [5.41, 5.74) is 1.61. The second-order valence-corrected chi connectivity index (χ2v) is 14.1. The molecule has 3 heterocycles. The first kappa shape index (κ1) is 31.6. The largest absolute Gasteiger partial charge is 0.493 e. The van der Waals surface area contributed by atoms with E-state index in [0.717, 1.165) is 48.9 Å². The summed E-state index contributed by atoms with van der Waals surface area (Å²) >= 11 is 0. The molecule has 4 rings (SSSR count). The van der Waals surface area contributed by atoms with E-state index >= 15 is 0 Å². The molecule has 1 atom stereocenters. The zero-order valence-electron chi connectivity index (χ0n) is 25.0. The number of hydrogen-bond donors (Lipinski definition) is 0. The van der Waals surface area contributed by atoms with Crippen molar-refractivity contribution in [2.24, 2.45) is 10.3 Å². The lowest BCUT2D eigenvalue weighted by Gasteiger charge is -2.43. The molecule has 2 aliphatic heterocycles. The van der Waals surface area contributed by atoms with Crippen molar-refractivity contribution in [2.45, 2.75) is 57.9 Å². The third-order valence-corrected chi connectivity index (χ3v) is 10.6. The molecule has 226 valence electrons. The summed E-state index contributed by atoms with van der Waals surface area (Å²) in [5, 5.41) is 0.893. The molecule has 14 heteroatoms. The average molecular weight is 622 g/mol. The molecule has 41 heavy (non-hydrogen) atoms. The second kappa shape index (κ2) is 13.7. The topological polar surface area (TPSA) is 116 Å². The molecule has 1 unspecified atom stereocenters. The van der Waals surface area contributed by atoms with Gasteiger partial charge in [-0.15, -0.1) is 0 Å². The van der Waals surface area contributed by atoms with Crippen LogP contribution >= 0.6 is 0 Å². The van der Waals surface area contributed by atoms with Crippen molar-refractivity contribution >= 4 is 46.4 Å². The minimum atomic E-state index is -3.61. The zero-order chi connectivity index (χ0) is 29.6. The molecule has 0 bridgehead atoms. The maximum atomic E-state index is 12.4. The zero-order valence-corrected chi connectivity index (χ0v) is 28.6. The molecule has 0 amide bonds. The van der Waals surface area contributed by atoms with Crippen LogP contribution in [0.2, 0.25) is 13.1 Å². The molecule has 0 spiro atoms. The van der Waals surface area contributed by atoms with Crippen LogP contribution in [0.15, 0.2) is 35.1 Å². The van der Waals surface area contributed by atoms with Crippen molar-refractivity contribution in [1.29, 1.82) is 0 Å². The van der Waals surface area contributed by atoms with Gasteiger partial charge < -0.3 is 23.2 Å². The monoisotopic (exact) mass is 621 g/mol. The van der Waals surface area contributed by atoms with Crippen LogP contribution in [0, 0.1) is 5.92 Å². The van der Waals surface area contributed by atoms with Crippen LogP contribution in [0.4, 0.5) is 0 Å². The predicted octanol–water partition coefficient (Wildman–Crippen LogP) is 2.16. The number of benzene rings is 1. The molecule has 2 aliphatic rings. The maximum Gasteiger partial charge on any atom is 0.344 e. The summed E-state index contributed by atoms with van der Waals surface area (Å²) in [5.74, 6) is 1.69. The van der Waals surface area contributed by atoms with Gasteiger partial charge in [-0.3, -0.25) is 4.31 Å². The van der Waals surface area contributed by atoms with Crippen molar-refractivity contribution in [3.8, 4) is 11.5 Å². The molecule has 11 nitrogen and oxygen atoms in total. The Morgan fingerprint density at radius 3 is 2.34 bits per heavy atom. The lowest BCUT2D eigenvalue weighted by molar-refractivity contribution is -0.0640. The maximum absolute atomic E-state index is 12.4. The lowest BCUT2D eigenvalue weighted by Crippen LogP contribution is -2.52. The minimum Gasteiger partial charge on any atom is -0.493 e. The first-order valence-corrected chi connectivity index (χ1v) is 19.6. The predicted molar refractivity (Wildman–Crippen MR) is 166 cm³/mol. The van der Waals surface area contributed by atoms with Gasteiger partial charge in [-0.1, -0.05) is 13.1 Å². The van der Waals surface area contributed by atoms with E-state index in [1.807, 2.05) is 12.1 Å². The van der Waals surface area contributed by atoms with Gasteiger partial charge in [0, 0.05) is 30.7 Å². The Bertz CT molecular complexity index is 1360. The van der Waals surface area contributed by atoms with E-state index in [-0.39, 0.29) is 0 Å². The first-order valence-electron chi connectivity index (χ1n) is 14.2. The highest BCUT2D eigenvalue weighted by atomic mass is 32.2.